The first-order chi connectivity index (χ1) is 23.2. The molecule has 2 amide bonds. The summed E-state index contributed by atoms with van der Waals surface area (Å²) in [5.74, 6) is -0.795. The summed E-state index contributed by atoms with van der Waals surface area (Å²) in [7, 11) is -4.18. The second-order valence-corrected chi connectivity index (χ2v) is 14.8. The summed E-state index contributed by atoms with van der Waals surface area (Å²) in [4.78, 5) is 30.6. The number of anilines is 1. The Kier molecular flexibility index (Phi) is 12.2. The van der Waals surface area contributed by atoms with Crippen LogP contribution in [0.5, 0.6) is 0 Å². The minimum atomic E-state index is -4.18. The standard InChI is InChI=1S/C38H41Cl2N3O4S/c1-2-30-16-12-13-21-35(30)43(48(46,47)32-19-10-5-11-20-32)27-37(44)42(26-29-22-23-33(39)34(40)24-29)36(25-28-14-6-3-7-15-28)38(45)41-31-17-8-4-9-18-31/h3,5-7,10-16,19-24,31,36H,2,4,8-9,17-18,25-27H2,1H3,(H,41,45)/t36-/m1/s1. The number of hydrogen-bond acceptors (Lipinski definition) is 4. The maximum atomic E-state index is 14.8. The molecule has 0 heterocycles. The third-order valence-electron chi connectivity index (χ3n) is 8.81. The first-order valence-corrected chi connectivity index (χ1v) is 18.6. The second-order valence-electron chi connectivity index (χ2n) is 12.1. The molecule has 0 saturated heterocycles. The van der Waals surface area contributed by atoms with Gasteiger partial charge in [-0.15, -0.1) is 0 Å². The van der Waals surface area contributed by atoms with Gasteiger partial charge in [-0.3, -0.25) is 13.9 Å². The molecule has 1 aliphatic carbocycles. The maximum absolute atomic E-state index is 14.8. The lowest BCUT2D eigenvalue weighted by Gasteiger charge is -2.35. The Morgan fingerprint density at radius 3 is 2.12 bits per heavy atom. The largest absolute Gasteiger partial charge is 0.352 e. The van der Waals surface area contributed by atoms with E-state index in [1.165, 1.54) is 21.3 Å². The number of rotatable bonds is 13. The molecule has 0 aliphatic heterocycles. The van der Waals surface area contributed by atoms with Crippen molar-refractivity contribution in [3.05, 3.63) is 130 Å². The van der Waals surface area contributed by atoms with E-state index in [2.05, 4.69) is 5.32 Å². The SMILES string of the molecule is CCc1ccccc1N(CC(=O)N(Cc1ccc(Cl)c(Cl)c1)[C@H](Cc1ccccc1)C(=O)NC1CCCCC1)S(=O)(=O)c1ccccc1. The van der Waals surface area contributed by atoms with Crippen LogP contribution in [0.3, 0.4) is 0 Å². The highest BCUT2D eigenvalue weighted by molar-refractivity contribution is 7.92. The quantitative estimate of drug-likeness (QED) is 0.154. The van der Waals surface area contributed by atoms with Crippen LogP contribution in [0.1, 0.15) is 55.7 Å². The predicted octanol–water partition coefficient (Wildman–Crippen LogP) is 7.84. The van der Waals surface area contributed by atoms with E-state index >= 15 is 0 Å². The first kappa shape index (κ1) is 35.5. The number of nitrogens with zero attached hydrogens (tertiary/aromatic N) is 2. The molecule has 1 saturated carbocycles. The molecule has 1 N–H and O–H groups in total. The molecule has 10 heteroatoms. The molecule has 7 nitrogen and oxygen atoms in total. The number of para-hydroxylation sites is 1. The lowest BCUT2D eigenvalue weighted by molar-refractivity contribution is -0.140. The van der Waals surface area contributed by atoms with Gasteiger partial charge in [-0.2, -0.15) is 0 Å². The van der Waals surface area contributed by atoms with Gasteiger partial charge in [-0.05, 0) is 66.3 Å². The minimum absolute atomic E-state index is 0.0119. The third kappa shape index (κ3) is 8.78. The molecule has 1 aliphatic rings. The Labute approximate surface area is 293 Å². The zero-order chi connectivity index (χ0) is 34.1. The summed E-state index contributed by atoms with van der Waals surface area (Å²) in [5, 5.41) is 3.91. The van der Waals surface area contributed by atoms with E-state index in [9.17, 15) is 18.0 Å². The van der Waals surface area contributed by atoms with Crippen LogP contribution >= 0.6 is 23.2 Å². The van der Waals surface area contributed by atoms with E-state index in [0.29, 0.717) is 27.7 Å². The fourth-order valence-electron chi connectivity index (χ4n) is 6.22. The third-order valence-corrected chi connectivity index (χ3v) is 11.3. The van der Waals surface area contributed by atoms with Crippen molar-refractivity contribution >= 4 is 50.7 Å². The van der Waals surface area contributed by atoms with E-state index in [4.69, 9.17) is 23.2 Å². The molecule has 1 fully saturated rings. The summed E-state index contributed by atoms with van der Waals surface area (Å²) in [6.07, 6.45) is 5.74. The monoisotopic (exact) mass is 705 g/mol. The van der Waals surface area contributed by atoms with Crippen molar-refractivity contribution in [1.82, 2.24) is 10.2 Å². The summed E-state index contributed by atoms with van der Waals surface area (Å²) in [6.45, 7) is 1.44. The summed E-state index contributed by atoms with van der Waals surface area (Å²) >= 11 is 12.6. The molecule has 0 radical (unpaired) electrons. The number of carbonyl (C=O) groups excluding carboxylic acids is 2. The molecule has 5 rings (SSSR count). The smallest absolute Gasteiger partial charge is 0.264 e. The minimum Gasteiger partial charge on any atom is -0.352 e. The van der Waals surface area contributed by atoms with E-state index in [0.717, 1.165) is 43.2 Å². The van der Waals surface area contributed by atoms with E-state index in [1.54, 1.807) is 48.5 Å². The molecule has 252 valence electrons. The van der Waals surface area contributed by atoms with E-state index in [1.807, 2.05) is 49.4 Å². The van der Waals surface area contributed by atoms with Gasteiger partial charge in [0.15, 0.2) is 0 Å². The van der Waals surface area contributed by atoms with E-state index in [-0.39, 0.29) is 29.8 Å². The molecule has 0 bridgehead atoms. The average molecular weight is 707 g/mol. The van der Waals surface area contributed by atoms with Crippen LogP contribution in [-0.2, 0) is 39.0 Å². The fourth-order valence-corrected chi connectivity index (χ4v) is 8.01. The molecule has 4 aromatic carbocycles. The number of carbonyl (C=O) groups is 2. The lowest BCUT2D eigenvalue weighted by Crippen LogP contribution is -2.55. The van der Waals surface area contributed by atoms with Gasteiger partial charge in [0, 0.05) is 19.0 Å². The summed E-state index contributed by atoms with van der Waals surface area (Å²) < 4.78 is 29.8. The van der Waals surface area contributed by atoms with Crippen molar-refractivity contribution in [2.45, 2.75) is 75.4 Å². The van der Waals surface area contributed by atoms with Crippen molar-refractivity contribution in [2.75, 3.05) is 10.8 Å². The average Bonchev–Trinajstić information content (AvgIpc) is 3.11. The number of hydrogen-bond donors (Lipinski definition) is 1. The Morgan fingerprint density at radius 2 is 1.46 bits per heavy atom. The molecule has 0 unspecified atom stereocenters. The molecule has 0 aromatic heterocycles. The van der Waals surface area contributed by atoms with Gasteiger partial charge in [0.2, 0.25) is 11.8 Å². The molecule has 4 aromatic rings. The summed E-state index contributed by atoms with van der Waals surface area (Å²) in [5.41, 5.74) is 2.72. The normalized spacial score (nSPS) is 14.2. The maximum Gasteiger partial charge on any atom is 0.264 e. The number of halogens is 2. The van der Waals surface area contributed by atoms with Crippen LogP contribution in [0.15, 0.2) is 108 Å². The Balaban J connectivity index is 1.59. The van der Waals surface area contributed by atoms with Crippen LogP contribution in [0.25, 0.3) is 0 Å². The zero-order valence-electron chi connectivity index (χ0n) is 27.0. The number of nitrogens with one attached hydrogen (secondary N) is 1. The van der Waals surface area contributed by atoms with Gasteiger partial charge in [0.25, 0.3) is 10.0 Å². The van der Waals surface area contributed by atoms with Gasteiger partial charge in [-0.25, -0.2) is 8.42 Å². The second kappa shape index (κ2) is 16.5. The fraction of sp³-hybridized carbons (Fsp3) is 0.316. The molecular formula is C38H41Cl2N3O4S. The number of aryl methyl sites for hydroxylation is 1. The lowest BCUT2D eigenvalue weighted by atomic mass is 9.94. The highest BCUT2D eigenvalue weighted by Gasteiger charge is 2.36. The Hall–Kier alpha value is -3.85. The highest BCUT2D eigenvalue weighted by atomic mass is 35.5. The highest BCUT2D eigenvalue weighted by Crippen LogP contribution is 2.29. The van der Waals surface area contributed by atoms with Gasteiger partial charge in [0.05, 0.1) is 20.6 Å². The van der Waals surface area contributed by atoms with Gasteiger partial charge in [-0.1, -0.05) is 122 Å². The van der Waals surface area contributed by atoms with Gasteiger partial charge < -0.3 is 10.2 Å². The molecule has 48 heavy (non-hydrogen) atoms. The van der Waals surface area contributed by atoms with Gasteiger partial charge in [0.1, 0.15) is 12.6 Å². The van der Waals surface area contributed by atoms with Crippen molar-refractivity contribution < 1.29 is 18.0 Å². The van der Waals surface area contributed by atoms with Crippen molar-refractivity contribution in [2.24, 2.45) is 0 Å². The van der Waals surface area contributed by atoms with Gasteiger partial charge >= 0.3 is 0 Å². The Morgan fingerprint density at radius 1 is 0.812 bits per heavy atom. The van der Waals surface area contributed by atoms with Crippen LogP contribution in [0.4, 0.5) is 5.69 Å². The van der Waals surface area contributed by atoms with Crippen LogP contribution in [-0.4, -0.2) is 43.8 Å². The van der Waals surface area contributed by atoms with Crippen molar-refractivity contribution in [3.8, 4) is 0 Å². The Bertz CT molecular complexity index is 1800. The predicted molar refractivity (Wildman–Crippen MR) is 193 cm³/mol. The zero-order valence-corrected chi connectivity index (χ0v) is 29.4. The molecule has 1 atom stereocenters. The first-order valence-electron chi connectivity index (χ1n) is 16.4. The number of benzene rings is 4. The van der Waals surface area contributed by atoms with Crippen LogP contribution < -0.4 is 9.62 Å². The van der Waals surface area contributed by atoms with Crippen molar-refractivity contribution in [3.63, 3.8) is 0 Å². The van der Waals surface area contributed by atoms with Crippen LogP contribution in [0.2, 0.25) is 10.0 Å². The molecule has 0 spiro atoms. The summed E-state index contributed by atoms with van der Waals surface area (Å²) in [6, 6.07) is 29.0. The number of amides is 2. The number of sulfonamides is 1. The van der Waals surface area contributed by atoms with Crippen LogP contribution in [0, 0.1) is 0 Å². The van der Waals surface area contributed by atoms with E-state index < -0.39 is 28.5 Å². The topological polar surface area (TPSA) is 86.8 Å². The molecular weight excluding hydrogens is 665 g/mol. The van der Waals surface area contributed by atoms with Crippen molar-refractivity contribution in [1.29, 1.82) is 0 Å².